The average Bonchev–Trinajstić information content (AvgIpc) is 3.03. The van der Waals surface area contributed by atoms with Crippen molar-refractivity contribution in [3.63, 3.8) is 0 Å². The zero-order chi connectivity index (χ0) is 20.4. The molecule has 7 nitrogen and oxygen atoms in total. The van der Waals surface area contributed by atoms with Crippen molar-refractivity contribution in [2.75, 3.05) is 17.2 Å². The van der Waals surface area contributed by atoms with Gasteiger partial charge in [0.15, 0.2) is 0 Å². The van der Waals surface area contributed by atoms with Crippen LogP contribution in [0.2, 0.25) is 0 Å². The molecule has 0 atom stereocenters. The number of benzene rings is 1. The van der Waals surface area contributed by atoms with E-state index in [0.717, 1.165) is 41.3 Å². The molecule has 3 heterocycles. The molecule has 0 aliphatic carbocycles. The van der Waals surface area contributed by atoms with E-state index in [0.29, 0.717) is 17.9 Å². The van der Waals surface area contributed by atoms with Crippen LogP contribution in [0.25, 0.3) is 11.3 Å². The number of fused-ring (bicyclic) bond motifs is 1. The lowest BCUT2D eigenvalue weighted by Gasteiger charge is -2.16. The van der Waals surface area contributed by atoms with Gasteiger partial charge in [-0.15, -0.1) is 0 Å². The van der Waals surface area contributed by atoms with E-state index in [1.54, 1.807) is 6.20 Å². The van der Waals surface area contributed by atoms with E-state index in [9.17, 15) is 9.59 Å². The van der Waals surface area contributed by atoms with Crippen LogP contribution < -0.4 is 16.0 Å². The molecule has 1 aromatic carbocycles. The molecular formula is C22H23N5O2. The lowest BCUT2D eigenvalue weighted by atomic mass is 10.1. The maximum absolute atomic E-state index is 12.8. The highest BCUT2D eigenvalue weighted by atomic mass is 16.2. The first-order valence-corrected chi connectivity index (χ1v) is 9.68. The van der Waals surface area contributed by atoms with Crippen molar-refractivity contribution in [1.82, 2.24) is 14.9 Å². The van der Waals surface area contributed by atoms with Crippen molar-refractivity contribution in [3.8, 4) is 11.3 Å². The summed E-state index contributed by atoms with van der Waals surface area (Å²) in [6, 6.07) is 13.5. The Kier molecular flexibility index (Phi) is 5.03. The fourth-order valence-corrected chi connectivity index (χ4v) is 3.82. The van der Waals surface area contributed by atoms with E-state index >= 15 is 0 Å². The molecule has 4 rings (SSSR count). The molecule has 148 valence electrons. The molecule has 0 radical (unpaired) electrons. The summed E-state index contributed by atoms with van der Waals surface area (Å²) in [7, 11) is 0. The number of carbonyl (C=O) groups is 2. The summed E-state index contributed by atoms with van der Waals surface area (Å²) in [5.41, 5.74) is 5.15. The van der Waals surface area contributed by atoms with Crippen molar-refractivity contribution in [2.24, 2.45) is 0 Å². The van der Waals surface area contributed by atoms with E-state index in [1.807, 2.05) is 42.5 Å². The minimum Gasteiger partial charge on any atom is -0.353 e. The normalized spacial score (nSPS) is 12.8. The van der Waals surface area contributed by atoms with Gasteiger partial charge in [0, 0.05) is 49.6 Å². The number of nitrogens with one attached hydrogen (secondary N) is 3. The van der Waals surface area contributed by atoms with Crippen LogP contribution in [0.3, 0.4) is 0 Å². The second kappa shape index (κ2) is 7.79. The van der Waals surface area contributed by atoms with Crippen molar-refractivity contribution in [1.29, 1.82) is 0 Å². The minimum absolute atomic E-state index is 0.0747. The maximum atomic E-state index is 12.8. The number of aromatic nitrogens is 2. The first-order valence-electron chi connectivity index (χ1n) is 9.68. The smallest absolute Gasteiger partial charge is 0.255 e. The van der Waals surface area contributed by atoms with E-state index in [1.165, 1.54) is 6.92 Å². The Morgan fingerprint density at radius 2 is 2.03 bits per heavy atom. The molecule has 0 saturated heterocycles. The van der Waals surface area contributed by atoms with Gasteiger partial charge in [0.2, 0.25) is 5.91 Å². The van der Waals surface area contributed by atoms with Crippen molar-refractivity contribution >= 4 is 29.0 Å². The van der Waals surface area contributed by atoms with Gasteiger partial charge in [0.1, 0.15) is 5.82 Å². The molecule has 0 bridgehead atoms. The molecule has 0 unspecified atom stereocenters. The summed E-state index contributed by atoms with van der Waals surface area (Å²) < 4.78 is 2.17. The number of nitrogens with zero attached hydrogens (tertiary/aromatic N) is 2. The molecule has 0 saturated carbocycles. The Morgan fingerprint density at radius 3 is 2.76 bits per heavy atom. The number of carbonyl (C=O) groups excluding carboxylic acids is 2. The van der Waals surface area contributed by atoms with Crippen LogP contribution >= 0.6 is 0 Å². The van der Waals surface area contributed by atoms with Gasteiger partial charge in [-0.2, -0.15) is 0 Å². The zero-order valence-electron chi connectivity index (χ0n) is 16.5. The molecule has 1 aliphatic heterocycles. The number of para-hydroxylation sites is 1. The van der Waals surface area contributed by atoms with Gasteiger partial charge in [-0.25, -0.2) is 4.98 Å². The van der Waals surface area contributed by atoms with Crippen LogP contribution in [0.4, 0.5) is 17.2 Å². The van der Waals surface area contributed by atoms with Gasteiger partial charge in [0.25, 0.3) is 5.91 Å². The van der Waals surface area contributed by atoms with Gasteiger partial charge in [-0.3, -0.25) is 9.59 Å². The van der Waals surface area contributed by atoms with Gasteiger partial charge < -0.3 is 20.5 Å². The van der Waals surface area contributed by atoms with Crippen molar-refractivity contribution < 1.29 is 9.59 Å². The fourth-order valence-electron chi connectivity index (χ4n) is 3.82. The Labute approximate surface area is 169 Å². The molecule has 3 N–H and O–H groups in total. The van der Waals surface area contributed by atoms with Gasteiger partial charge in [-0.1, -0.05) is 18.2 Å². The largest absolute Gasteiger partial charge is 0.353 e. The fraction of sp³-hybridized carbons (Fsp3) is 0.227. The summed E-state index contributed by atoms with van der Waals surface area (Å²) >= 11 is 0. The van der Waals surface area contributed by atoms with E-state index in [4.69, 9.17) is 0 Å². The highest BCUT2D eigenvalue weighted by Gasteiger charge is 2.30. The number of rotatable bonds is 5. The van der Waals surface area contributed by atoms with E-state index < -0.39 is 0 Å². The number of hydrogen-bond donors (Lipinski definition) is 3. The van der Waals surface area contributed by atoms with E-state index in [2.05, 4.69) is 32.4 Å². The predicted molar refractivity (Wildman–Crippen MR) is 113 cm³/mol. The van der Waals surface area contributed by atoms with Gasteiger partial charge >= 0.3 is 0 Å². The minimum atomic E-state index is -0.179. The zero-order valence-corrected chi connectivity index (χ0v) is 16.5. The van der Waals surface area contributed by atoms with E-state index in [-0.39, 0.29) is 11.8 Å². The van der Waals surface area contributed by atoms with Crippen molar-refractivity contribution in [3.05, 3.63) is 59.9 Å². The Hall–Kier alpha value is -3.61. The predicted octanol–water partition coefficient (Wildman–Crippen LogP) is 3.56. The standard InChI is InChI=1S/C22H23N5O2/c1-3-27-17-10-12-24-22(29)19(17)20(26-16-7-5-4-6-8-16)21(27)15-9-11-23-18(13-15)25-14(2)28/h4-9,11,13,26H,3,10,12H2,1-2H3,(H,24,29)(H,23,25,28). The van der Waals surface area contributed by atoms with Crippen LogP contribution in [0, 0.1) is 0 Å². The van der Waals surface area contributed by atoms with Gasteiger partial charge in [-0.05, 0) is 31.2 Å². The molecule has 2 aromatic heterocycles. The summed E-state index contributed by atoms with van der Waals surface area (Å²) in [5, 5.41) is 9.14. The summed E-state index contributed by atoms with van der Waals surface area (Å²) in [6.07, 6.45) is 2.43. The summed E-state index contributed by atoms with van der Waals surface area (Å²) in [4.78, 5) is 28.5. The molecule has 1 aliphatic rings. The van der Waals surface area contributed by atoms with Crippen LogP contribution in [0.1, 0.15) is 29.9 Å². The third-order valence-electron chi connectivity index (χ3n) is 4.94. The molecule has 29 heavy (non-hydrogen) atoms. The second-order valence-electron chi connectivity index (χ2n) is 6.90. The van der Waals surface area contributed by atoms with Crippen LogP contribution in [0.5, 0.6) is 0 Å². The van der Waals surface area contributed by atoms with Crippen molar-refractivity contribution in [2.45, 2.75) is 26.8 Å². The topological polar surface area (TPSA) is 88.1 Å². The Balaban J connectivity index is 1.92. The number of hydrogen-bond acceptors (Lipinski definition) is 4. The molecule has 2 amide bonds. The second-order valence-corrected chi connectivity index (χ2v) is 6.90. The summed E-state index contributed by atoms with van der Waals surface area (Å²) in [5.74, 6) is 0.225. The van der Waals surface area contributed by atoms with Gasteiger partial charge in [0.05, 0.1) is 16.9 Å². The number of anilines is 3. The van der Waals surface area contributed by atoms with Crippen LogP contribution in [0.15, 0.2) is 48.7 Å². The number of pyridine rings is 1. The summed E-state index contributed by atoms with van der Waals surface area (Å²) in [6.45, 7) is 4.86. The molecule has 0 spiro atoms. The quantitative estimate of drug-likeness (QED) is 0.623. The molecule has 0 fully saturated rings. The first kappa shape index (κ1) is 18.7. The highest BCUT2D eigenvalue weighted by molar-refractivity contribution is 6.06. The SMILES string of the molecule is CCn1c2c(c(Nc3ccccc3)c1-c1ccnc(NC(C)=O)c1)C(=O)NCC2. The first-order chi connectivity index (χ1) is 14.1. The highest BCUT2D eigenvalue weighted by Crippen LogP contribution is 2.40. The maximum Gasteiger partial charge on any atom is 0.255 e. The molecular weight excluding hydrogens is 366 g/mol. The Bertz CT molecular complexity index is 1070. The lowest BCUT2D eigenvalue weighted by molar-refractivity contribution is -0.114. The number of amides is 2. The molecule has 3 aromatic rings. The lowest BCUT2D eigenvalue weighted by Crippen LogP contribution is -2.32. The third-order valence-corrected chi connectivity index (χ3v) is 4.94. The molecule has 7 heteroatoms. The third kappa shape index (κ3) is 3.59. The average molecular weight is 389 g/mol. The monoisotopic (exact) mass is 389 g/mol. The van der Waals surface area contributed by atoms with Crippen LogP contribution in [-0.2, 0) is 17.8 Å². The van der Waals surface area contributed by atoms with Crippen LogP contribution in [-0.4, -0.2) is 27.9 Å². The Morgan fingerprint density at radius 1 is 1.24 bits per heavy atom.